The van der Waals surface area contributed by atoms with Gasteiger partial charge in [0.05, 0.1) is 0 Å². The summed E-state index contributed by atoms with van der Waals surface area (Å²) in [5, 5.41) is 3.74. The molecule has 5 rings (SSSR count). The largest absolute Gasteiger partial charge is 0.308 e. The maximum Gasteiger partial charge on any atom is 0.0250 e. The van der Waals surface area contributed by atoms with Crippen molar-refractivity contribution in [1.82, 2.24) is 10.2 Å². The summed E-state index contributed by atoms with van der Waals surface area (Å²) in [6.45, 7) is 0. The second kappa shape index (κ2) is 1.99. The fraction of sp³-hybridized carbons (Fsp3) is 1.00. The van der Waals surface area contributed by atoms with Crippen LogP contribution in [-0.2, 0) is 0 Å². The molecule has 62 valence electrons. The zero-order valence-corrected chi connectivity index (χ0v) is 7.09. The lowest BCUT2D eigenvalue weighted by atomic mass is 9.73. The quantitative estimate of drug-likeness (QED) is 0.546. The Kier molecular flexibility index (Phi) is 1.16. The van der Waals surface area contributed by atoms with Crippen molar-refractivity contribution < 1.29 is 0 Å². The van der Waals surface area contributed by atoms with Gasteiger partial charge in [0.2, 0.25) is 0 Å². The van der Waals surface area contributed by atoms with Gasteiger partial charge in [0, 0.05) is 24.2 Å². The average Bonchev–Trinajstić information content (AvgIpc) is 2.04. The molecule has 5 aliphatic heterocycles. The van der Waals surface area contributed by atoms with Crippen molar-refractivity contribution in [2.45, 2.75) is 49.9 Å². The highest BCUT2D eigenvalue weighted by Gasteiger charge is 2.48. The summed E-state index contributed by atoms with van der Waals surface area (Å²) in [4.78, 5) is 2.62. The molecular weight excluding hydrogens is 136 g/mol. The van der Waals surface area contributed by atoms with Gasteiger partial charge in [0.25, 0.3) is 0 Å². The lowest BCUT2D eigenvalue weighted by molar-refractivity contribution is -0.0405. The zero-order chi connectivity index (χ0) is 7.42. The van der Waals surface area contributed by atoms with Crippen LogP contribution in [0.25, 0.3) is 0 Å². The van der Waals surface area contributed by atoms with Gasteiger partial charge in [0.1, 0.15) is 0 Å². The van der Waals surface area contributed by atoms with Gasteiger partial charge in [-0.3, -0.25) is 4.90 Å². The van der Waals surface area contributed by atoms with Crippen molar-refractivity contribution in [3.05, 3.63) is 0 Å². The normalized spacial score (nSPS) is 55.4. The molecule has 4 atom stereocenters. The molecule has 0 aromatic heterocycles. The van der Waals surface area contributed by atoms with Crippen LogP contribution < -0.4 is 5.32 Å². The molecule has 0 saturated carbocycles. The minimum atomic E-state index is 0.837. The van der Waals surface area contributed by atoms with Gasteiger partial charge in [0.15, 0.2) is 0 Å². The number of hydrogen-bond acceptors (Lipinski definition) is 2. The molecule has 2 heteroatoms. The van der Waals surface area contributed by atoms with Gasteiger partial charge >= 0.3 is 0 Å². The first-order chi connectivity index (χ1) is 5.36. The minimum absolute atomic E-state index is 0.837. The first kappa shape index (κ1) is 6.44. The third kappa shape index (κ3) is 0.695. The summed E-state index contributed by atoms with van der Waals surface area (Å²) in [6.07, 6.45) is 5.73. The van der Waals surface area contributed by atoms with E-state index in [2.05, 4.69) is 17.3 Å². The van der Waals surface area contributed by atoms with Gasteiger partial charge < -0.3 is 5.32 Å². The molecule has 0 aliphatic carbocycles. The van der Waals surface area contributed by atoms with Crippen LogP contribution in [0.1, 0.15) is 25.7 Å². The zero-order valence-electron chi connectivity index (χ0n) is 7.09. The highest BCUT2D eigenvalue weighted by Crippen LogP contribution is 2.38. The van der Waals surface area contributed by atoms with E-state index in [-0.39, 0.29) is 0 Å². The lowest BCUT2D eigenvalue weighted by Crippen LogP contribution is -2.73. The van der Waals surface area contributed by atoms with E-state index in [0.29, 0.717) is 0 Å². The molecule has 5 saturated heterocycles. The standard InChI is InChI=1S/C9H16N2/c1-11-8-4-2-6-9(11)5-3-7(8)10-6/h6-10H,2-5H2,1H3. The third-order valence-electron chi connectivity index (χ3n) is 3.95. The van der Waals surface area contributed by atoms with Crippen molar-refractivity contribution in [2.24, 2.45) is 0 Å². The predicted molar refractivity (Wildman–Crippen MR) is 44.5 cm³/mol. The van der Waals surface area contributed by atoms with E-state index in [1.165, 1.54) is 25.7 Å². The SMILES string of the molecule is CN1C2CCC3NC2CCC31. The van der Waals surface area contributed by atoms with Crippen LogP contribution in [0.4, 0.5) is 0 Å². The van der Waals surface area contributed by atoms with Gasteiger partial charge in [-0.05, 0) is 32.7 Å². The molecule has 0 aromatic carbocycles. The second-order valence-electron chi connectivity index (χ2n) is 4.33. The first-order valence-corrected chi connectivity index (χ1v) is 4.84. The number of nitrogens with one attached hydrogen (secondary N) is 1. The highest BCUT2D eigenvalue weighted by molar-refractivity contribution is 5.08. The summed E-state index contributed by atoms with van der Waals surface area (Å²) in [5.74, 6) is 0. The molecule has 0 radical (unpaired) electrons. The monoisotopic (exact) mass is 152 g/mol. The number of nitrogens with zero attached hydrogens (tertiary/aromatic N) is 1. The summed E-state index contributed by atoms with van der Waals surface area (Å²) in [5.41, 5.74) is 0. The topological polar surface area (TPSA) is 15.3 Å². The molecule has 4 unspecified atom stereocenters. The average molecular weight is 152 g/mol. The molecule has 0 spiro atoms. The van der Waals surface area contributed by atoms with Crippen LogP contribution in [0, 0.1) is 0 Å². The minimum Gasteiger partial charge on any atom is -0.308 e. The fourth-order valence-electron chi connectivity index (χ4n) is 3.37. The van der Waals surface area contributed by atoms with Gasteiger partial charge in [-0.15, -0.1) is 0 Å². The van der Waals surface area contributed by atoms with Crippen LogP contribution in [-0.4, -0.2) is 36.1 Å². The van der Waals surface area contributed by atoms with E-state index < -0.39 is 0 Å². The maximum absolute atomic E-state index is 3.74. The van der Waals surface area contributed by atoms with E-state index in [0.717, 1.165) is 24.2 Å². The number of rotatable bonds is 0. The number of likely N-dealkylation sites (N-methyl/N-ethyl adjacent to an activating group) is 1. The molecule has 2 nitrogen and oxygen atoms in total. The number of piperazine rings is 1. The number of piperidine rings is 4. The van der Waals surface area contributed by atoms with Crippen LogP contribution in [0.2, 0.25) is 0 Å². The fourth-order valence-corrected chi connectivity index (χ4v) is 3.37. The Morgan fingerprint density at radius 1 is 1.00 bits per heavy atom. The molecule has 0 aromatic rings. The molecule has 5 heterocycles. The van der Waals surface area contributed by atoms with Crippen LogP contribution in [0.3, 0.4) is 0 Å². The smallest absolute Gasteiger partial charge is 0.0250 e. The van der Waals surface area contributed by atoms with Gasteiger partial charge in [-0.1, -0.05) is 0 Å². The van der Waals surface area contributed by atoms with E-state index in [4.69, 9.17) is 0 Å². The summed E-state index contributed by atoms with van der Waals surface area (Å²) < 4.78 is 0. The Hall–Kier alpha value is -0.0800. The van der Waals surface area contributed by atoms with E-state index >= 15 is 0 Å². The Morgan fingerprint density at radius 3 is 1.91 bits per heavy atom. The van der Waals surface area contributed by atoms with Crippen molar-refractivity contribution >= 4 is 0 Å². The molecule has 11 heavy (non-hydrogen) atoms. The molecule has 5 aliphatic rings. The van der Waals surface area contributed by atoms with Gasteiger partial charge in [-0.2, -0.15) is 0 Å². The molecule has 1 N–H and O–H groups in total. The summed E-state index contributed by atoms with van der Waals surface area (Å²) in [6, 6.07) is 3.42. The van der Waals surface area contributed by atoms with Crippen LogP contribution in [0.15, 0.2) is 0 Å². The third-order valence-corrected chi connectivity index (χ3v) is 3.95. The van der Waals surface area contributed by atoms with Gasteiger partial charge in [-0.25, -0.2) is 0 Å². The Labute approximate surface area is 68.0 Å². The highest BCUT2D eigenvalue weighted by atomic mass is 15.3. The van der Waals surface area contributed by atoms with Crippen molar-refractivity contribution in [1.29, 1.82) is 0 Å². The van der Waals surface area contributed by atoms with E-state index in [9.17, 15) is 0 Å². The Balaban J connectivity index is 1.97. The van der Waals surface area contributed by atoms with Crippen LogP contribution in [0.5, 0.6) is 0 Å². The number of fused-ring (bicyclic) bond motifs is 2. The predicted octanol–water partition coefficient (Wildman–Crippen LogP) is 0.583. The maximum atomic E-state index is 3.74. The molecule has 5 fully saturated rings. The summed E-state index contributed by atoms with van der Waals surface area (Å²) in [7, 11) is 2.31. The van der Waals surface area contributed by atoms with Crippen molar-refractivity contribution in [3.63, 3.8) is 0 Å². The Morgan fingerprint density at radius 2 is 1.55 bits per heavy atom. The first-order valence-electron chi connectivity index (χ1n) is 4.84. The number of hydrogen-bond donors (Lipinski definition) is 1. The Bertz CT molecular complexity index is 158. The van der Waals surface area contributed by atoms with E-state index in [1.54, 1.807) is 0 Å². The summed E-state index contributed by atoms with van der Waals surface area (Å²) >= 11 is 0. The molecule has 0 amide bonds. The van der Waals surface area contributed by atoms with Crippen molar-refractivity contribution in [3.8, 4) is 0 Å². The van der Waals surface area contributed by atoms with Crippen molar-refractivity contribution in [2.75, 3.05) is 7.05 Å². The molecular formula is C9H16N2. The molecule has 4 bridgehead atoms. The van der Waals surface area contributed by atoms with E-state index in [1.807, 2.05) is 0 Å². The second-order valence-corrected chi connectivity index (χ2v) is 4.33. The lowest BCUT2D eigenvalue weighted by Gasteiger charge is -2.59. The van der Waals surface area contributed by atoms with Crippen LogP contribution >= 0.6 is 0 Å².